The maximum atomic E-state index is 12.8. The van der Waals surface area contributed by atoms with Gasteiger partial charge in [-0.15, -0.1) is 0 Å². The molecule has 1 atom stereocenters. The van der Waals surface area contributed by atoms with E-state index in [1.54, 1.807) is 6.07 Å². The number of benzene rings is 1. The lowest BCUT2D eigenvalue weighted by Gasteiger charge is -2.16. The third-order valence-corrected chi connectivity index (χ3v) is 2.52. The summed E-state index contributed by atoms with van der Waals surface area (Å²) in [5.41, 5.74) is 0.631. The van der Waals surface area contributed by atoms with Crippen LogP contribution in [0.1, 0.15) is 5.56 Å². The molecule has 0 aliphatic heterocycles. The van der Waals surface area contributed by atoms with Crippen molar-refractivity contribution in [1.29, 1.82) is 0 Å². The van der Waals surface area contributed by atoms with Crippen LogP contribution in [0.2, 0.25) is 0 Å². The highest BCUT2D eigenvalue weighted by Gasteiger charge is 2.44. The number of hydrogen-bond donors (Lipinski definition) is 2. The van der Waals surface area contributed by atoms with Crippen LogP contribution in [0.3, 0.4) is 0 Å². The molecule has 7 heteroatoms. The summed E-state index contributed by atoms with van der Waals surface area (Å²) in [6, 6.07) is 5.69. The van der Waals surface area contributed by atoms with E-state index in [2.05, 4.69) is 5.32 Å². The Labute approximate surface area is 107 Å². The molecule has 0 aromatic heterocycles. The largest absolute Gasteiger partial charge is 0.481 e. The fourth-order valence-corrected chi connectivity index (χ4v) is 1.51. The summed E-state index contributed by atoms with van der Waals surface area (Å²) in [5, 5.41) is 10.9. The van der Waals surface area contributed by atoms with E-state index in [0.29, 0.717) is 12.0 Å². The van der Waals surface area contributed by atoms with E-state index in [1.165, 1.54) is 18.2 Å². The maximum Gasteiger partial charge on any atom is 0.403 e. The second-order valence-electron chi connectivity index (χ2n) is 4.02. The smallest absolute Gasteiger partial charge is 0.403 e. The minimum atomic E-state index is -4.78. The van der Waals surface area contributed by atoms with Crippen molar-refractivity contribution in [3.05, 3.63) is 35.6 Å². The van der Waals surface area contributed by atoms with Gasteiger partial charge in [-0.3, -0.25) is 4.79 Å². The predicted molar refractivity (Wildman–Crippen MR) is 60.2 cm³/mol. The zero-order valence-electron chi connectivity index (χ0n) is 9.88. The molecule has 0 fully saturated rings. The first-order valence-corrected chi connectivity index (χ1v) is 5.55. The third-order valence-electron chi connectivity index (χ3n) is 2.52. The number of alkyl halides is 3. The van der Waals surface area contributed by atoms with Crippen molar-refractivity contribution >= 4 is 5.97 Å². The number of carboxylic acid groups (broad SMARTS) is 1. The van der Waals surface area contributed by atoms with E-state index in [9.17, 15) is 22.4 Å². The average Bonchev–Trinajstić information content (AvgIpc) is 2.26. The third kappa shape index (κ3) is 5.25. The minimum Gasteiger partial charge on any atom is -0.481 e. The van der Waals surface area contributed by atoms with Gasteiger partial charge in [0.05, 0.1) is 0 Å². The van der Waals surface area contributed by atoms with Crippen molar-refractivity contribution in [3.63, 3.8) is 0 Å². The number of carboxylic acids is 1. The number of rotatable bonds is 6. The van der Waals surface area contributed by atoms with E-state index in [1.807, 2.05) is 0 Å². The van der Waals surface area contributed by atoms with E-state index in [0.717, 1.165) is 0 Å². The summed E-state index contributed by atoms with van der Waals surface area (Å²) in [4.78, 5) is 10.4. The molecule has 19 heavy (non-hydrogen) atoms. The van der Waals surface area contributed by atoms with Gasteiger partial charge in [-0.2, -0.15) is 13.2 Å². The molecule has 0 radical (unpaired) electrons. The van der Waals surface area contributed by atoms with Crippen molar-refractivity contribution < 1.29 is 27.5 Å². The summed E-state index contributed by atoms with van der Waals surface area (Å²) in [6.07, 6.45) is -4.46. The first-order valence-electron chi connectivity index (χ1n) is 5.55. The Morgan fingerprint density at radius 1 is 1.37 bits per heavy atom. The first kappa shape index (κ1) is 15.4. The molecule has 0 amide bonds. The highest BCUT2D eigenvalue weighted by Crippen LogP contribution is 2.25. The summed E-state index contributed by atoms with van der Waals surface area (Å²) in [5.74, 6) is -4.76. The number of hydrogen-bond acceptors (Lipinski definition) is 2. The van der Waals surface area contributed by atoms with Crippen LogP contribution in [-0.4, -0.2) is 30.3 Å². The molecule has 0 aliphatic rings. The Kier molecular flexibility index (Phi) is 5.29. The van der Waals surface area contributed by atoms with Crippen LogP contribution in [0.5, 0.6) is 0 Å². The number of nitrogens with one attached hydrogen (secondary N) is 1. The van der Waals surface area contributed by atoms with Gasteiger partial charge in [-0.05, 0) is 30.7 Å². The minimum absolute atomic E-state index is 0.142. The van der Waals surface area contributed by atoms with E-state index < -0.39 is 30.4 Å². The van der Waals surface area contributed by atoms with Gasteiger partial charge in [-0.25, -0.2) is 4.39 Å². The van der Waals surface area contributed by atoms with Crippen LogP contribution in [0, 0.1) is 11.7 Å². The zero-order chi connectivity index (χ0) is 14.5. The number of carbonyl (C=O) groups is 1. The van der Waals surface area contributed by atoms with Gasteiger partial charge in [0.2, 0.25) is 0 Å². The second-order valence-corrected chi connectivity index (χ2v) is 4.02. The van der Waals surface area contributed by atoms with Crippen molar-refractivity contribution in [3.8, 4) is 0 Å². The van der Waals surface area contributed by atoms with Crippen LogP contribution in [-0.2, 0) is 11.2 Å². The number of aliphatic carboxylic acids is 1. The molecule has 0 bridgehead atoms. The van der Waals surface area contributed by atoms with Crippen molar-refractivity contribution in [2.45, 2.75) is 12.6 Å². The van der Waals surface area contributed by atoms with Crippen molar-refractivity contribution in [1.82, 2.24) is 5.32 Å². The molecule has 1 aromatic rings. The van der Waals surface area contributed by atoms with Gasteiger partial charge in [-0.1, -0.05) is 12.1 Å². The van der Waals surface area contributed by atoms with E-state index >= 15 is 0 Å². The fourth-order valence-electron chi connectivity index (χ4n) is 1.51. The van der Waals surface area contributed by atoms with E-state index in [4.69, 9.17) is 5.11 Å². The Bertz CT molecular complexity index is 434. The van der Waals surface area contributed by atoms with Gasteiger partial charge in [0.15, 0.2) is 5.92 Å². The lowest BCUT2D eigenvalue weighted by molar-refractivity contribution is -0.192. The molecular formula is C12H13F4NO2. The molecule has 106 valence electrons. The predicted octanol–water partition coefficient (Wildman–Crippen LogP) is 2.22. The highest BCUT2D eigenvalue weighted by molar-refractivity contribution is 5.71. The second kappa shape index (κ2) is 6.51. The fraction of sp³-hybridized carbons (Fsp3) is 0.417. The van der Waals surface area contributed by atoms with Crippen LogP contribution in [0.25, 0.3) is 0 Å². The summed E-state index contributed by atoms with van der Waals surface area (Å²) in [6.45, 7) is -0.558. The summed E-state index contributed by atoms with van der Waals surface area (Å²) in [7, 11) is 0. The molecule has 0 heterocycles. The van der Waals surface area contributed by atoms with Crippen LogP contribution >= 0.6 is 0 Å². The van der Waals surface area contributed by atoms with Crippen molar-refractivity contribution in [2.75, 3.05) is 13.1 Å². The first-order chi connectivity index (χ1) is 8.80. The molecule has 1 rings (SSSR count). The molecule has 0 saturated heterocycles. The van der Waals surface area contributed by atoms with Crippen LogP contribution < -0.4 is 5.32 Å². The van der Waals surface area contributed by atoms with Gasteiger partial charge < -0.3 is 10.4 Å². The molecule has 1 aromatic carbocycles. The molecule has 0 saturated carbocycles. The normalized spacial score (nSPS) is 13.3. The molecule has 1 unspecified atom stereocenters. The Morgan fingerprint density at radius 3 is 2.58 bits per heavy atom. The lowest BCUT2D eigenvalue weighted by atomic mass is 10.1. The molecule has 2 N–H and O–H groups in total. The summed E-state index contributed by atoms with van der Waals surface area (Å²) >= 11 is 0. The topological polar surface area (TPSA) is 49.3 Å². The number of halogens is 4. The maximum absolute atomic E-state index is 12.8. The highest BCUT2D eigenvalue weighted by atomic mass is 19.4. The van der Waals surface area contributed by atoms with Gasteiger partial charge >= 0.3 is 12.1 Å². The molecule has 3 nitrogen and oxygen atoms in total. The van der Waals surface area contributed by atoms with Crippen LogP contribution in [0.15, 0.2) is 24.3 Å². The zero-order valence-corrected chi connectivity index (χ0v) is 9.88. The molecule has 0 aliphatic carbocycles. The Hall–Kier alpha value is -1.63. The SMILES string of the molecule is O=C(O)C(CNCCc1cccc(F)c1)C(F)(F)F. The lowest BCUT2D eigenvalue weighted by Crippen LogP contribution is -2.39. The van der Waals surface area contributed by atoms with Gasteiger partial charge in [0, 0.05) is 6.54 Å². The Balaban J connectivity index is 2.39. The van der Waals surface area contributed by atoms with Crippen molar-refractivity contribution in [2.24, 2.45) is 5.92 Å². The van der Waals surface area contributed by atoms with E-state index in [-0.39, 0.29) is 6.54 Å². The van der Waals surface area contributed by atoms with Gasteiger partial charge in [0.25, 0.3) is 0 Å². The monoisotopic (exact) mass is 279 g/mol. The summed E-state index contributed by atoms with van der Waals surface area (Å²) < 4.78 is 49.7. The Morgan fingerprint density at radius 2 is 2.05 bits per heavy atom. The molecular weight excluding hydrogens is 266 g/mol. The average molecular weight is 279 g/mol. The molecule has 0 spiro atoms. The van der Waals surface area contributed by atoms with Gasteiger partial charge in [0.1, 0.15) is 5.82 Å². The quantitative estimate of drug-likeness (QED) is 0.620. The van der Waals surface area contributed by atoms with Crippen LogP contribution in [0.4, 0.5) is 17.6 Å². The standard InChI is InChI=1S/C12H13F4NO2/c13-9-3-1-2-8(6-9)4-5-17-7-10(11(18)19)12(14,15)16/h1-3,6,10,17H,4-5,7H2,(H,18,19).